The monoisotopic (exact) mass is 261 g/mol. The van der Waals surface area contributed by atoms with Crippen molar-refractivity contribution in [1.29, 1.82) is 5.26 Å². The number of rotatable bonds is 1. The van der Waals surface area contributed by atoms with Gasteiger partial charge in [-0.2, -0.15) is 5.26 Å². The predicted octanol–water partition coefficient (Wildman–Crippen LogP) is 3.70. The number of thioether (sulfide) groups is 1. The van der Waals surface area contributed by atoms with Crippen molar-refractivity contribution in [2.75, 3.05) is 6.26 Å². The number of hydrogen-bond donors (Lipinski definition) is 0. The molecule has 0 radical (unpaired) electrons. The van der Waals surface area contributed by atoms with Crippen molar-refractivity contribution in [2.24, 2.45) is 0 Å². The Morgan fingerprint density at radius 3 is 2.75 bits per heavy atom. The van der Waals surface area contributed by atoms with Crippen molar-refractivity contribution in [2.45, 2.75) is 4.90 Å². The van der Waals surface area contributed by atoms with Crippen molar-refractivity contribution >= 4 is 39.3 Å². The zero-order valence-corrected chi connectivity index (χ0v) is 9.42. The second kappa shape index (κ2) is 4.18. The summed E-state index contributed by atoms with van der Waals surface area (Å²) in [5, 5.41) is 9.27. The number of benzene rings is 1. The molecule has 0 aliphatic carbocycles. The maximum Gasteiger partial charge on any atom is 0.102 e. The van der Waals surface area contributed by atoms with Crippen LogP contribution in [0.15, 0.2) is 21.5 Å². The van der Waals surface area contributed by atoms with E-state index in [1.165, 1.54) is 11.8 Å². The molecule has 4 heteroatoms. The lowest BCUT2D eigenvalue weighted by Gasteiger charge is -2.02. The minimum absolute atomic E-state index is 0.503. The fourth-order valence-corrected chi connectivity index (χ4v) is 2.25. The highest BCUT2D eigenvalue weighted by molar-refractivity contribution is 9.10. The smallest absolute Gasteiger partial charge is 0.102 e. The van der Waals surface area contributed by atoms with Crippen LogP contribution in [0.25, 0.3) is 0 Å². The molecule has 1 rings (SSSR count). The summed E-state index contributed by atoms with van der Waals surface area (Å²) in [6.07, 6.45) is 1.93. The summed E-state index contributed by atoms with van der Waals surface area (Å²) < 4.78 is 0.743. The van der Waals surface area contributed by atoms with Gasteiger partial charge in [0.25, 0.3) is 0 Å². The summed E-state index contributed by atoms with van der Waals surface area (Å²) >= 11 is 10.7. The first-order chi connectivity index (χ1) is 5.70. The molecule has 0 saturated heterocycles. The summed E-state index contributed by atoms with van der Waals surface area (Å²) in [5.41, 5.74) is 0.503. The van der Waals surface area contributed by atoms with Crippen LogP contribution in [-0.2, 0) is 0 Å². The molecule has 0 bridgehead atoms. The molecule has 0 aliphatic heterocycles. The lowest BCUT2D eigenvalue weighted by atomic mass is 10.2. The second-order valence-corrected chi connectivity index (χ2v) is 4.13. The Hall–Kier alpha value is -0.170. The highest BCUT2D eigenvalue weighted by Gasteiger charge is 2.08. The molecular weight excluding hydrogens is 258 g/mol. The molecule has 0 aliphatic rings. The highest BCUT2D eigenvalue weighted by atomic mass is 79.9. The van der Waals surface area contributed by atoms with E-state index in [1.807, 2.05) is 24.5 Å². The first-order valence-electron chi connectivity index (χ1n) is 3.12. The fraction of sp³-hybridized carbons (Fsp3) is 0.125. The van der Waals surface area contributed by atoms with Gasteiger partial charge >= 0.3 is 0 Å². The number of halogens is 2. The quantitative estimate of drug-likeness (QED) is 0.721. The minimum Gasteiger partial charge on any atom is -0.192 e. The van der Waals surface area contributed by atoms with E-state index in [2.05, 4.69) is 15.9 Å². The Bertz CT molecular complexity index is 346. The Balaban J connectivity index is 3.36. The molecule has 1 nitrogen and oxygen atoms in total. The third-order valence-electron chi connectivity index (χ3n) is 1.39. The number of nitriles is 1. The average Bonchev–Trinajstić information content (AvgIpc) is 2.06. The van der Waals surface area contributed by atoms with Gasteiger partial charge < -0.3 is 0 Å². The minimum atomic E-state index is 0.503. The van der Waals surface area contributed by atoms with Gasteiger partial charge in [-0.25, -0.2) is 0 Å². The summed E-state index contributed by atoms with van der Waals surface area (Å²) in [7, 11) is 0. The molecule has 0 spiro atoms. The molecule has 0 saturated carbocycles. The van der Waals surface area contributed by atoms with Gasteiger partial charge in [-0.15, -0.1) is 11.8 Å². The van der Waals surface area contributed by atoms with E-state index in [4.69, 9.17) is 16.9 Å². The third kappa shape index (κ3) is 1.77. The number of hydrogen-bond acceptors (Lipinski definition) is 2. The summed E-state index contributed by atoms with van der Waals surface area (Å²) in [6, 6.07) is 5.76. The van der Waals surface area contributed by atoms with Gasteiger partial charge in [0, 0.05) is 9.37 Å². The molecule has 0 unspecified atom stereocenters. The van der Waals surface area contributed by atoms with Crippen LogP contribution in [-0.4, -0.2) is 6.26 Å². The molecule has 1 aromatic rings. The van der Waals surface area contributed by atoms with E-state index in [-0.39, 0.29) is 0 Å². The second-order valence-electron chi connectivity index (χ2n) is 2.05. The molecule has 62 valence electrons. The van der Waals surface area contributed by atoms with Crippen LogP contribution >= 0.6 is 39.3 Å². The molecular formula is C8H5BrClNS. The van der Waals surface area contributed by atoms with Crippen LogP contribution in [0.4, 0.5) is 0 Å². The Kier molecular flexibility index (Phi) is 3.45. The SMILES string of the molecule is CSc1ccc(Br)c(C#N)c1Cl. The molecule has 0 amide bonds. The maximum atomic E-state index is 8.75. The Morgan fingerprint density at radius 2 is 2.25 bits per heavy atom. The predicted molar refractivity (Wildman–Crippen MR) is 55.6 cm³/mol. The molecule has 1 aromatic carbocycles. The van der Waals surface area contributed by atoms with Gasteiger partial charge in [0.2, 0.25) is 0 Å². The van der Waals surface area contributed by atoms with E-state index in [1.54, 1.807) is 0 Å². The summed E-state index contributed by atoms with van der Waals surface area (Å²) in [5.74, 6) is 0. The van der Waals surface area contributed by atoms with Gasteiger partial charge in [0.1, 0.15) is 6.07 Å². The first-order valence-corrected chi connectivity index (χ1v) is 5.52. The van der Waals surface area contributed by atoms with Gasteiger partial charge in [0.05, 0.1) is 10.6 Å². The van der Waals surface area contributed by atoms with E-state index in [9.17, 15) is 0 Å². The molecule has 0 fully saturated rings. The van der Waals surface area contributed by atoms with Gasteiger partial charge in [-0.3, -0.25) is 0 Å². The van der Waals surface area contributed by atoms with E-state index in [0.29, 0.717) is 10.6 Å². The average molecular weight is 263 g/mol. The molecule has 0 atom stereocenters. The maximum absolute atomic E-state index is 8.75. The topological polar surface area (TPSA) is 23.8 Å². The highest BCUT2D eigenvalue weighted by Crippen LogP contribution is 2.32. The lowest BCUT2D eigenvalue weighted by Crippen LogP contribution is -1.82. The van der Waals surface area contributed by atoms with Crippen LogP contribution < -0.4 is 0 Å². The van der Waals surface area contributed by atoms with Gasteiger partial charge in [-0.1, -0.05) is 11.6 Å². The van der Waals surface area contributed by atoms with Gasteiger partial charge in [-0.05, 0) is 34.3 Å². The van der Waals surface area contributed by atoms with Crippen LogP contribution in [0, 0.1) is 11.3 Å². The largest absolute Gasteiger partial charge is 0.192 e. The summed E-state index contributed by atoms with van der Waals surface area (Å²) in [4.78, 5) is 0.927. The van der Waals surface area contributed by atoms with Crippen LogP contribution in [0.3, 0.4) is 0 Å². The van der Waals surface area contributed by atoms with Crippen LogP contribution in [0.2, 0.25) is 5.02 Å². The third-order valence-corrected chi connectivity index (χ3v) is 3.33. The van der Waals surface area contributed by atoms with Crippen LogP contribution in [0.5, 0.6) is 0 Å². The van der Waals surface area contributed by atoms with Crippen molar-refractivity contribution in [3.8, 4) is 6.07 Å². The van der Waals surface area contributed by atoms with Gasteiger partial charge in [0.15, 0.2) is 0 Å². The normalized spacial score (nSPS) is 9.50. The van der Waals surface area contributed by atoms with Crippen molar-refractivity contribution in [1.82, 2.24) is 0 Å². The first kappa shape index (κ1) is 9.91. The van der Waals surface area contributed by atoms with Crippen molar-refractivity contribution in [3.63, 3.8) is 0 Å². The zero-order chi connectivity index (χ0) is 9.14. The van der Waals surface area contributed by atoms with E-state index >= 15 is 0 Å². The molecule has 0 aromatic heterocycles. The summed E-state index contributed by atoms with van der Waals surface area (Å²) in [6.45, 7) is 0. The van der Waals surface area contributed by atoms with E-state index < -0.39 is 0 Å². The lowest BCUT2D eigenvalue weighted by molar-refractivity contribution is 1.38. The Morgan fingerprint density at radius 1 is 1.58 bits per heavy atom. The zero-order valence-electron chi connectivity index (χ0n) is 6.27. The number of nitrogens with zero attached hydrogens (tertiary/aromatic N) is 1. The van der Waals surface area contributed by atoms with Crippen molar-refractivity contribution in [3.05, 3.63) is 27.2 Å². The Labute approximate surface area is 88.8 Å². The fourth-order valence-electron chi connectivity index (χ4n) is 0.794. The standard InChI is InChI=1S/C8H5BrClNS/c1-12-7-3-2-6(9)5(4-11)8(7)10/h2-3H,1H3. The van der Waals surface area contributed by atoms with Crippen LogP contribution in [0.1, 0.15) is 5.56 Å². The molecule has 12 heavy (non-hydrogen) atoms. The van der Waals surface area contributed by atoms with Crippen molar-refractivity contribution < 1.29 is 0 Å². The molecule has 0 N–H and O–H groups in total. The van der Waals surface area contributed by atoms with E-state index in [0.717, 1.165) is 9.37 Å². The molecule has 0 heterocycles.